The maximum atomic E-state index is 4.28. The lowest BCUT2D eigenvalue weighted by Crippen LogP contribution is -1.96. The minimum Gasteiger partial charge on any atom is -0.383 e. The van der Waals surface area contributed by atoms with Crippen LogP contribution in [-0.2, 0) is 0 Å². The van der Waals surface area contributed by atoms with Crippen molar-refractivity contribution in [2.24, 2.45) is 0 Å². The van der Waals surface area contributed by atoms with Crippen LogP contribution in [0.5, 0.6) is 0 Å². The summed E-state index contributed by atoms with van der Waals surface area (Å²) >= 11 is 0. The number of hydrogen-bond acceptors (Lipinski definition) is 2. The summed E-state index contributed by atoms with van der Waals surface area (Å²) in [6.45, 7) is 11.2. The van der Waals surface area contributed by atoms with Gasteiger partial charge in [-0.1, -0.05) is 34.6 Å². The van der Waals surface area contributed by atoms with E-state index < -0.39 is 0 Å². The van der Waals surface area contributed by atoms with Gasteiger partial charge in [0, 0.05) is 18.7 Å². The number of nitrogens with one attached hydrogen (secondary N) is 1. The summed E-state index contributed by atoms with van der Waals surface area (Å²) in [5.41, 5.74) is 2.41. The molecule has 0 spiro atoms. The predicted octanol–water partition coefficient (Wildman–Crippen LogP) is 3.66. The summed E-state index contributed by atoms with van der Waals surface area (Å²) in [5, 5.41) is 3.29. The molecule has 1 unspecified atom stereocenters. The Morgan fingerprint density at radius 3 is 2.50 bits per heavy atom. The quantitative estimate of drug-likeness (QED) is 0.681. The molecule has 2 nitrogen and oxygen atoms in total. The second-order valence-corrected chi connectivity index (χ2v) is 2.72. The molecule has 1 aliphatic rings. The van der Waals surface area contributed by atoms with Crippen LogP contribution in [-0.4, -0.2) is 11.5 Å². The van der Waals surface area contributed by atoms with E-state index in [-0.39, 0.29) is 0 Å². The first kappa shape index (κ1) is 12.9. The Morgan fingerprint density at radius 1 is 1.29 bits per heavy atom. The molecule has 0 fully saturated rings. The lowest BCUT2D eigenvalue weighted by Gasteiger charge is -1.97. The maximum Gasteiger partial charge on any atom is 0.0680 e. The van der Waals surface area contributed by atoms with Gasteiger partial charge in [0.25, 0.3) is 0 Å². The van der Waals surface area contributed by atoms with Gasteiger partial charge in [-0.05, 0) is 12.1 Å². The van der Waals surface area contributed by atoms with E-state index in [1.807, 2.05) is 40.0 Å². The lowest BCUT2D eigenvalue weighted by atomic mass is 10.1. The molecule has 0 aromatic carbocycles. The molecule has 2 rings (SSSR count). The summed E-state index contributed by atoms with van der Waals surface area (Å²) in [7, 11) is 0. The Balaban J connectivity index is 0.000000379. The third-order valence-corrected chi connectivity index (χ3v) is 1.90. The van der Waals surface area contributed by atoms with Gasteiger partial charge in [-0.2, -0.15) is 0 Å². The topological polar surface area (TPSA) is 24.9 Å². The zero-order valence-corrected chi connectivity index (χ0v) is 9.96. The molecule has 80 valence electrons. The molecule has 1 N–H and O–H groups in total. The van der Waals surface area contributed by atoms with Crippen molar-refractivity contribution in [3.63, 3.8) is 0 Å². The highest BCUT2D eigenvalue weighted by Gasteiger charge is 2.17. The molecule has 0 amide bonds. The smallest absolute Gasteiger partial charge is 0.0680 e. The number of pyridine rings is 1. The third kappa shape index (κ3) is 3.02. The molecule has 1 atom stereocenters. The van der Waals surface area contributed by atoms with Crippen LogP contribution in [0.15, 0.2) is 18.3 Å². The van der Waals surface area contributed by atoms with Gasteiger partial charge in [-0.15, -0.1) is 0 Å². The van der Waals surface area contributed by atoms with E-state index in [0.717, 1.165) is 6.54 Å². The first-order chi connectivity index (χ1) is 6.88. The van der Waals surface area contributed by atoms with Crippen molar-refractivity contribution >= 4 is 5.69 Å². The zero-order chi connectivity index (χ0) is 11.0. The molecule has 0 aliphatic carbocycles. The summed E-state index contributed by atoms with van der Waals surface area (Å²) in [6.07, 6.45) is 1.85. The maximum absolute atomic E-state index is 4.28. The van der Waals surface area contributed by atoms with Crippen LogP contribution in [0.4, 0.5) is 5.69 Å². The average molecular weight is 194 g/mol. The molecule has 0 saturated carbocycles. The van der Waals surface area contributed by atoms with E-state index in [2.05, 4.69) is 23.3 Å². The van der Waals surface area contributed by atoms with Crippen LogP contribution in [0.3, 0.4) is 0 Å². The molecule has 14 heavy (non-hydrogen) atoms. The summed E-state index contributed by atoms with van der Waals surface area (Å²) in [6, 6.07) is 4.04. The van der Waals surface area contributed by atoms with Crippen LogP contribution >= 0.6 is 0 Å². The molecule has 0 saturated heterocycles. The van der Waals surface area contributed by atoms with Crippen LogP contribution in [0.25, 0.3) is 0 Å². The van der Waals surface area contributed by atoms with Gasteiger partial charge in [0.2, 0.25) is 0 Å². The van der Waals surface area contributed by atoms with Crippen LogP contribution in [0.2, 0.25) is 0 Å². The van der Waals surface area contributed by atoms with Gasteiger partial charge in [-0.25, -0.2) is 0 Å². The Kier molecular flexibility index (Phi) is 6.81. The van der Waals surface area contributed by atoms with Gasteiger partial charge >= 0.3 is 0 Å². The fourth-order valence-corrected chi connectivity index (χ4v) is 1.32. The number of nitrogens with zero attached hydrogens (tertiary/aromatic N) is 1. The van der Waals surface area contributed by atoms with Crippen molar-refractivity contribution in [3.05, 3.63) is 24.0 Å². The van der Waals surface area contributed by atoms with Gasteiger partial charge in [0.15, 0.2) is 0 Å². The number of fused-ring (bicyclic) bond motifs is 1. The average Bonchev–Trinajstić information content (AvgIpc) is 2.67. The molecular weight excluding hydrogens is 172 g/mol. The van der Waals surface area contributed by atoms with Crippen molar-refractivity contribution in [2.75, 3.05) is 11.9 Å². The predicted molar refractivity (Wildman–Crippen MR) is 63.8 cm³/mol. The van der Waals surface area contributed by atoms with Gasteiger partial charge in [0.1, 0.15) is 0 Å². The number of anilines is 1. The molecule has 0 radical (unpaired) electrons. The highest BCUT2D eigenvalue weighted by molar-refractivity contribution is 5.53. The molecular formula is C12H22N2. The summed E-state index contributed by atoms with van der Waals surface area (Å²) < 4.78 is 0. The first-order valence-electron chi connectivity index (χ1n) is 5.56. The van der Waals surface area contributed by atoms with E-state index in [4.69, 9.17) is 0 Å². The molecule has 2 heteroatoms. The SMILES string of the molecule is CC.CC.CC1CNc2cccnc21. The van der Waals surface area contributed by atoms with Crippen LogP contribution in [0, 0.1) is 0 Å². The van der Waals surface area contributed by atoms with E-state index >= 15 is 0 Å². The van der Waals surface area contributed by atoms with Crippen molar-refractivity contribution in [1.82, 2.24) is 4.98 Å². The van der Waals surface area contributed by atoms with Crippen molar-refractivity contribution in [2.45, 2.75) is 40.5 Å². The van der Waals surface area contributed by atoms with Crippen molar-refractivity contribution in [3.8, 4) is 0 Å². The molecule has 1 aromatic heterocycles. The Hall–Kier alpha value is -1.05. The molecule has 1 aromatic rings. The second-order valence-electron chi connectivity index (χ2n) is 2.72. The number of rotatable bonds is 0. The fraction of sp³-hybridized carbons (Fsp3) is 0.583. The molecule has 2 heterocycles. The van der Waals surface area contributed by atoms with Crippen molar-refractivity contribution < 1.29 is 0 Å². The van der Waals surface area contributed by atoms with E-state index in [1.54, 1.807) is 0 Å². The first-order valence-corrected chi connectivity index (χ1v) is 5.56. The highest BCUT2D eigenvalue weighted by atomic mass is 14.9. The number of aromatic nitrogens is 1. The summed E-state index contributed by atoms with van der Waals surface area (Å²) in [5.74, 6) is 0.580. The third-order valence-electron chi connectivity index (χ3n) is 1.90. The van der Waals surface area contributed by atoms with Crippen molar-refractivity contribution in [1.29, 1.82) is 0 Å². The van der Waals surface area contributed by atoms with Gasteiger partial charge in [0.05, 0.1) is 11.4 Å². The Labute approximate surface area is 87.8 Å². The van der Waals surface area contributed by atoms with Crippen LogP contribution < -0.4 is 5.32 Å². The standard InChI is InChI=1S/C8H10N2.2C2H6/c1-6-5-10-7-3-2-4-9-8(6)7;2*1-2/h2-4,6,10H,5H2,1H3;2*1-2H3. The zero-order valence-electron chi connectivity index (χ0n) is 9.96. The fourth-order valence-electron chi connectivity index (χ4n) is 1.32. The molecule has 1 aliphatic heterocycles. The van der Waals surface area contributed by atoms with Crippen LogP contribution in [0.1, 0.15) is 46.2 Å². The monoisotopic (exact) mass is 194 g/mol. The minimum atomic E-state index is 0.580. The Morgan fingerprint density at radius 2 is 1.93 bits per heavy atom. The lowest BCUT2D eigenvalue weighted by molar-refractivity contribution is 0.822. The van der Waals surface area contributed by atoms with Gasteiger partial charge in [-0.3, -0.25) is 4.98 Å². The highest BCUT2D eigenvalue weighted by Crippen LogP contribution is 2.27. The Bertz CT molecular complexity index is 246. The normalized spacial score (nSPS) is 16.5. The van der Waals surface area contributed by atoms with Gasteiger partial charge < -0.3 is 5.32 Å². The number of hydrogen-bond donors (Lipinski definition) is 1. The van der Waals surface area contributed by atoms with E-state index in [1.165, 1.54) is 11.4 Å². The minimum absolute atomic E-state index is 0.580. The summed E-state index contributed by atoms with van der Waals surface area (Å²) in [4.78, 5) is 4.28. The van der Waals surface area contributed by atoms with E-state index in [0.29, 0.717) is 5.92 Å². The second kappa shape index (κ2) is 7.36. The molecule has 0 bridgehead atoms. The van der Waals surface area contributed by atoms with E-state index in [9.17, 15) is 0 Å². The largest absolute Gasteiger partial charge is 0.383 e.